The predicted octanol–water partition coefficient (Wildman–Crippen LogP) is 3.75. The number of fused-ring (bicyclic) bond motifs is 5. The zero-order valence-electron chi connectivity index (χ0n) is 13.4. The molecule has 3 heteroatoms. The lowest BCUT2D eigenvalue weighted by Crippen LogP contribution is -2.45. The van der Waals surface area contributed by atoms with E-state index < -0.39 is 11.8 Å². The van der Waals surface area contributed by atoms with Gasteiger partial charge in [0, 0.05) is 11.8 Å². The molecule has 0 aromatic rings. The van der Waals surface area contributed by atoms with E-state index in [0.29, 0.717) is 23.5 Å². The number of allylic oxidation sites excluding steroid dienone is 2. The number of carbonyl (C=O) groups is 1. The van der Waals surface area contributed by atoms with Crippen molar-refractivity contribution in [1.29, 1.82) is 0 Å². The summed E-state index contributed by atoms with van der Waals surface area (Å²) in [6, 6.07) is 0. The SMILES string of the molecule is CC1(O)C=C2CC[C@@H]3[C@H](CC[C@]4(C)C(=O)CC[C@@H]34)C2=CC1F. The molecule has 120 valence electrons. The van der Waals surface area contributed by atoms with Gasteiger partial charge in [-0.25, -0.2) is 4.39 Å². The molecule has 22 heavy (non-hydrogen) atoms. The number of rotatable bonds is 0. The fourth-order valence-corrected chi connectivity index (χ4v) is 5.70. The number of hydrogen-bond donors (Lipinski definition) is 1. The normalized spacial score (nSPS) is 50.6. The Hall–Kier alpha value is -0.960. The average molecular weight is 304 g/mol. The Labute approximate surface area is 131 Å². The summed E-state index contributed by atoms with van der Waals surface area (Å²) in [5.74, 6) is 1.82. The molecule has 4 aliphatic carbocycles. The number of carbonyl (C=O) groups excluding carboxylic acids is 1. The minimum atomic E-state index is -1.36. The van der Waals surface area contributed by atoms with Crippen molar-refractivity contribution >= 4 is 5.78 Å². The summed E-state index contributed by atoms with van der Waals surface area (Å²) in [5, 5.41) is 10.2. The van der Waals surface area contributed by atoms with Gasteiger partial charge in [-0.1, -0.05) is 6.92 Å². The van der Waals surface area contributed by atoms with Gasteiger partial charge in [0.25, 0.3) is 0 Å². The standard InChI is InChI=1S/C19H25FO2/c1-18-8-7-12-13(15(18)5-6-17(18)21)4-3-11-10-19(2,22)16(20)9-14(11)12/h9-10,12-13,15-16,22H,3-8H2,1-2H3/t12-,13+,15-,16?,18-,19?/m0/s1. The van der Waals surface area contributed by atoms with Crippen molar-refractivity contribution in [2.24, 2.45) is 23.2 Å². The number of halogens is 1. The number of alkyl halides is 1. The maximum Gasteiger partial charge on any atom is 0.151 e. The molecule has 6 atom stereocenters. The smallest absolute Gasteiger partial charge is 0.151 e. The first kappa shape index (κ1) is 14.6. The fraction of sp³-hybridized carbons (Fsp3) is 0.737. The van der Waals surface area contributed by atoms with Crippen molar-refractivity contribution in [2.75, 3.05) is 0 Å². The molecule has 3 fully saturated rings. The van der Waals surface area contributed by atoms with Gasteiger partial charge < -0.3 is 5.11 Å². The van der Waals surface area contributed by atoms with Crippen LogP contribution in [0.15, 0.2) is 23.3 Å². The quantitative estimate of drug-likeness (QED) is 0.740. The number of ketones is 1. The Kier molecular flexibility index (Phi) is 3.01. The lowest BCUT2D eigenvalue weighted by atomic mass is 9.54. The third-order valence-corrected chi connectivity index (χ3v) is 7.01. The topological polar surface area (TPSA) is 37.3 Å². The largest absolute Gasteiger partial charge is 0.383 e. The van der Waals surface area contributed by atoms with Crippen LogP contribution in [0.4, 0.5) is 4.39 Å². The summed E-state index contributed by atoms with van der Waals surface area (Å²) in [6.07, 6.45) is 7.76. The van der Waals surface area contributed by atoms with Gasteiger partial charge in [-0.3, -0.25) is 4.79 Å². The summed E-state index contributed by atoms with van der Waals surface area (Å²) in [6.45, 7) is 3.71. The molecular weight excluding hydrogens is 279 g/mol. The molecule has 2 unspecified atom stereocenters. The van der Waals surface area contributed by atoms with Crippen LogP contribution < -0.4 is 0 Å². The van der Waals surface area contributed by atoms with Gasteiger partial charge in [0.15, 0.2) is 6.17 Å². The third kappa shape index (κ3) is 1.84. The molecule has 0 radical (unpaired) electrons. The van der Waals surface area contributed by atoms with E-state index in [1.54, 1.807) is 19.1 Å². The molecule has 0 bridgehead atoms. The highest BCUT2D eigenvalue weighted by molar-refractivity contribution is 5.87. The first-order chi connectivity index (χ1) is 10.3. The lowest BCUT2D eigenvalue weighted by molar-refractivity contribution is -0.129. The Morgan fingerprint density at radius 1 is 1.23 bits per heavy atom. The Morgan fingerprint density at radius 2 is 2.00 bits per heavy atom. The maximum absolute atomic E-state index is 14.3. The highest BCUT2D eigenvalue weighted by Crippen LogP contribution is 2.60. The van der Waals surface area contributed by atoms with Crippen LogP contribution in [0, 0.1) is 23.2 Å². The van der Waals surface area contributed by atoms with Crippen molar-refractivity contribution in [3.63, 3.8) is 0 Å². The number of Topliss-reactive ketones (excluding diaryl/α,β-unsaturated/α-hetero) is 1. The molecule has 2 nitrogen and oxygen atoms in total. The second kappa shape index (κ2) is 4.53. The molecule has 0 aromatic heterocycles. The van der Waals surface area contributed by atoms with E-state index in [4.69, 9.17) is 0 Å². The highest BCUT2D eigenvalue weighted by atomic mass is 19.1. The Morgan fingerprint density at radius 3 is 2.77 bits per heavy atom. The summed E-state index contributed by atoms with van der Waals surface area (Å²) in [4.78, 5) is 12.3. The first-order valence-corrected chi connectivity index (χ1v) is 8.66. The van der Waals surface area contributed by atoms with Crippen molar-refractivity contribution < 1.29 is 14.3 Å². The van der Waals surface area contributed by atoms with E-state index in [-0.39, 0.29) is 5.41 Å². The summed E-state index contributed by atoms with van der Waals surface area (Å²) < 4.78 is 14.3. The monoisotopic (exact) mass is 304 g/mol. The van der Waals surface area contributed by atoms with Crippen LogP contribution in [0.5, 0.6) is 0 Å². The summed E-state index contributed by atoms with van der Waals surface area (Å²) >= 11 is 0. The van der Waals surface area contributed by atoms with Crippen LogP contribution in [0.2, 0.25) is 0 Å². The van der Waals surface area contributed by atoms with E-state index in [2.05, 4.69) is 6.92 Å². The van der Waals surface area contributed by atoms with Crippen LogP contribution in [0.3, 0.4) is 0 Å². The molecule has 0 amide bonds. The van der Waals surface area contributed by atoms with Crippen LogP contribution in [0.1, 0.15) is 52.4 Å². The van der Waals surface area contributed by atoms with E-state index in [9.17, 15) is 14.3 Å². The molecule has 0 spiro atoms. The van der Waals surface area contributed by atoms with Gasteiger partial charge in [-0.15, -0.1) is 0 Å². The van der Waals surface area contributed by atoms with Crippen LogP contribution in [-0.4, -0.2) is 22.7 Å². The second-order valence-electron chi connectivity index (χ2n) is 8.25. The zero-order valence-corrected chi connectivity index (χ0v) is 13.4. The lowest BCUT2D eigenvalue weighted by Gasteiger charge is -2.50. The number of aliphatic hydroxyl groups is 1. The maximum atomic E-state index is 14.3. The van der Waals surface area contributed by atoms with Gasteiger partial charge in [-0.05, 0) is 80.1 Å². The van der Waals surface area contributed by atoms with Gasteiger partial charge >= 0.3 is 0 Å². The first-order valence-electron chi connectivity index (χ1n) is 8.66. The molecule has 0 aliphatic heterocycles. The van der Waals surface area contributed by atoms with Crippen LogP contribution >= 0.6 is 0 Å². The van der Waals surface area contributed by atoms with Crippen molar-refractivity contribution in [2.45, 2.75) is 64.1 Å². The molecule has 0 saturated heterocycles. The van der Waals surface area contributed by atoms with Gasteiger partial charge in [0.05, 0.1) is 0 Å². The van der Waals surface area contributed by atoms with Crippen LogP contribution in [-0.2, 0) is 4.79 Å². The zero-order chi connectivity index (χ0) is 15.7. The highest BCUT2D eigenvalue weighted by Gasteiger charge is 2.55. The van der Waals surface area contributed by atoms with Crippen molar-refractivity contribution in [3.05, 3.63) is 23.3 Å². The molecule has 1 N–H and O–H groups in total. The minimum Gasteiger partial charge on any atom is -0.383 e. The summed E-state index contributed by atoms with van der Waals surface area (Å²) in [5.41, 5.74) is 0.792. The molecule has 0 aromatic carbocycles. The minimum absolute atomic E-state index is 0.127. The van der Waals surface area contributed by atoms with E-state index >= 15 is 0 Å². The molecule has 4 aliphatic rings. The fourth-order valence-electron chi connectivity index (χ4n) is 5.70. The van der Waals surface area contributed by atoms with E-state index in [0.717, 1.165) is 49.7 Å². The van der Waals surface area contributed by atoms with Gasteiger partial charge in [-0.2, -0.15) is 0 Å². The molecule has 0 heterocycles. The second-order valence-corrected chi connectivity index (χ2v) is 8.25. The van der Waals surface area contributed by atoms with Gasteiger partial charge in [0.2, 0.25) is 0 Å². The van der Waals surface area contributed by atoms with Crippen molar-refractivity contribution in [1.82, 2.24) is 0 Å². The Bertz CT molecular complexity index is 588. The molecule has 3 saturated carbocycles. The Balaban J connectivity index is 1.68. The van der Waals surface area contributed by atoms with E-state index in [1.807, 2.05) is 0 Å². The average Bonchev–Trinajstić information content (AvgIpc) is 2.76. The third-order valence-electron chi connectivity index (χ3n) is 7.01. The van der Waals surface area contributed by atoms with Crippen LogP contribution in [0.25, 0.3) is 0 Å². The molecule has 4 rings (SSSR count). The van der Waals surface area contributed by atoms with Crippen molar-refractivity contribution in [3.8, 4) is 0 Å². The van der Waals surface area contributed by atoms with E-state index in [1.165, 1.54) is 0 Å². The summed E-state index contributed by atoms with van der Waals surface area (Å²) in [7, 11) is 0. The predicted molar refractivity (Wildman–Crippen MR) is 83.0 cm³/mol. The molecular formula is C19H25FO2. The van der Waals surface area contributed by atoms with Gasteiger partial charge in [0.1, 0.15) is 11.4 Å². The number of hydrogen-bond acceptors (Lipinski definition) is 2.